The number of allylic oxidation sites excluding steroid dienone is 2. The molecule has 0 saturated carbocycles. The maximum Gasteiger partial charge on any atom is 0.130 e. The molecule has 0 aliphatic rings. The zero-order valence-corrected chi connectivity index (χ0v) is 19.8. The first-order valence-corrected chi connectivity index (χ1v) is 10.8. The van der Waals surface area contributed by atoms with E-state index in [1.165, 1.54) is 12.4 Å². The van der Waals surface area contributed by atoms with E-state index in [0.29, 0.717) is 43.2 Å². The van der Waals surface area contributed by atoms with Crippen molar-refractivity contribution in [1.82, 2.24) is 20.6 Å². The Labute approximate surface area is 191 Å². The highest BCUT2D eigenvalue weighted by atomic mass is 19.1. The van der Waals surface area contributed by atoms with Crippen LogP contribution in [0.3, 0.4) is 0 Å². The Morgan fingerprint density at radius 1 is 1.38 bits per heavy atom. The smallest absolute Gasteiger partial charge is 0.130 e. The molecule has 6 N–H and O–H groups in total. The molecule has 176 valence electrons. The Hall–Kier alpha value is -3.16. The first kappa shape index (κ1) is 26.9. The summed E-state index contributed by atoms with van der Waals surface area (Å²) >= 11 is 0. The maximum atomic E-state index is 13.6. The van der Waals surface area contributed by atoms with E-state index in [1.54, 1.807) is 32.2 Å². The third-order valence-electron chi connectivity index (χ3n) is 4.40. The molecule has 0 spiro atoms. The van der Waals surface area contributed by atoms with E-state index in [1.807, 2.05) is 13.8 Å². The van der Waals surface area contributed by atoms with E-state index in [-0.39, 0.29) is 6.04 Å². The van der Waals surface area contributed by atoms with Crippen LogP contribution in [0.1, 0.15) is 58.5 Å². The second kappa shape index (κ2) is 13.3. The predicted molar refractivity (Wildman–Crippen MR) is 133 cm³/mol. The fourth-order valence-electron chi connectivity index (χ4n) is 2.78. The van der Waals surface area contributed by atoms with Crippen LogP contribution in [-0.4, -0.2) is 40.1 Å². The topological polar surface area (TPSA) is 115 Å². The molecule has 0 aliphatic heterocycles. The van der Waals surface area contributed by atoms with Gasteiger partial charge in [-0.05, 0) is 70.9 Å². The van der Waals surface area contributed by atoms with Gasteiger partial charge >= 0.3 is 0 Å². The van der Waals surface area contributed by atoms with Gasteiger partial charge < -0.3 is 26.8 Å². The van der Waals surface area contributed by atoms with E-state index in [0.717, 1.165) is 23.4 Å². The molecule has 0 fully saturated rings. The number of aromatic amines is 1. The molecule has 0 unspecified atom stereocenters. The van der Waals surface area contributed by atoms with Crippen molar-refractivity contribution in [2.24, 2.45) is 10.7 Å². The summed E-state index contributed by atoms with van der Waals surface area (Å²) in [5.41, 5.74) is 8.15. The Morgan fingerprint density at radius 2 is 2.09 bits per heavy atom. The monoisotopic (exact) mass is 443 g/mol. The molecule has 0 radical (unpaired) electrons. The predicted octanol–water partition coefficient (Wildman–Crippen LogP) is 4.39. The summed E-state index contributed by atoms with van der Waals surface area (Å²) in [6, 6.07) is 0.128. The average Bonchev–Trinajstić information content (AvgIpc) is 3.15. The van der Waals surface area contributed by atoms with E-state index in [2.05, 4.69) is 38.8 Å². The van der Waals surface area contributed by atoms with Crippen LogP contribution in [0.2, 0.25) is 0 Å². The summed E-state index contributed by atoms with van der Waals surface area (Å²) in [5, 5.41) is 14.1. The number of nitrogens with one attached hydrogen (secondary N) is 4. The van der Waals surface area contributed by atoms with Crippen molar-refractivity contribution in [3.63, 3.8) is 0 Å². The molecule has 1 heterocycles. The van der Waals surface area contributed by atoms with Gasteiger partial charge in [-0.3, -0.25) is 4.99 Å². The van der Waals surface area contributed by atoms with Crippen LogP contribution in [0, 0.1) is 5.41 Å². The summed E-state index contributed by atoms with van der Waals surface area (Å²) < 4.78 is 13.6. The molecule has 0 atom stereocenters. The van der Waals surface area contributed by atoms with Gasteiger partial charge in [0.1, 0.15) is 11.5 Å². The molecular weight excluding hydrogens is 405 g/mol. The minimum Gasteiger partial charge on any atom is -0.405 e. The molecule has 8 heteroatoms. The lowest BCUT2D eigenvalue weighted by atomic mass is 10.0. The molecule has 0 aromatic carbocycles. The number of aliphatic imine (C=N–C) groups is 1. The van der Waals surface area contributed by atoms with Gasteiger partial charge in [0.2, 0.25) is 0 Å². The molecule has 1 rings (SSSR count). The number of imidazole rings is 1. The van der Waals surface area contributed by atoms with Crippen LogP contribution in [0.15, 0.2) is 53.6 Å². The summed E-state index contributed by atoms with van der Waals surface area (Å²) in [6.45, 7) is 16.1. The first-order chi connectivity index (χ1) is 15.0. The van der Waals surface area contributed by atoms with Gasteiger partial charge in [-0.15, -0.1) is 0 Å². The lowest BCUT2D eigenvalue weighted by Crippen LogP contribution is -2.19. The number of H-pyrrole nitrogens is 1. The van der Waals surface area contributed by atoms with E-state index < -0.39 is 5.67 Å². The van der Waals surface area contributed by atoms with Crippen molar-refractivity contribution in [2.45, 2.75) is 65.2 Å². The third kappa shape index (κ3) is 11.3. The lowest BCUT2D eigenvalue weighted by molar-refractivity contribution is 0.197. The quantitative estimate of drug-likeness (QED) is 0.259. The SMILES string of the molecule is C=C(CCCC(C)(C)F)NC/C(C=N)=C/c1ncc(CNC(=C)C(/C=C\N)=NC(C)C)[nH]1. The number of hydrogen-bond donors (Lipinski definition) is 5. The van der Waals surface area contributed by atoms with Gasteiger partial charge in [0.25, 0.3) is 0 Å². The maximum absolute atomic E-state index is 13.6. The first-order valence-electron chi connectivity index (χ1n) is 10.8. The number of rotatable bonds is 15. The van der Waals surface area contributed by atoms with Gasteiger partial charge in [-0.2, -0.15) is 0 Å². The number of alkyl halides is 1. The molecule has 0 bridgehead atoms. The molecule has 0 saturated heterocycles. The fourth-order valence-corrected chi connectivity index (χ4v) is 2.78. The summed E-state index contributed by atoms with van der Waals surface area (Å²) in [6.07, 6.45) is 9.88. The molecular formula is C24H38FN7. The molecule has 1 aromatic rings. The highest BCUT2D eigenvalue weighted by Gasteiger charge is 2.14. The molecule has 32 heavy (non-hydrogen) atoms. The number of halogens is 1. The normalized spacial score (nSPS) is 12.9. The fraction of sp³-hybridized carbons (Fsp3) is 0.458. The van der Waals surface area contributed by atoms with Crippen molar-refractivity contribution in [3.05, 3.63) is 60.1 Å². The highest BCUT2D eigenvalue weighted by molar-refractivity contribution is 6.07. The molecule has 7 nitrogen and oxygen atoms in total. The summed E-state index contributed by atoms with van der Waals surface area (Å²) in [7, 11) is 0. The molecule has 1 aromatic heterocycles. The van der Waals surface area contributed by atoms with Gasteiger partial charge in [0, 0.05) is 24.5 Å². The van der Waals surface area contributed by atoms with Crippen LogP contribution in [0.25, 0.3) is 6.08 Å². The number of nitrogens with zero attached hydrogens (tertiary/aromatic N) is 2. The Morgan fingerprint density at radius 3 is 2.69 bits per heavy atom. The van der Waals surface area contributed by atoms with Crippen molar-refractivity contribution in [3.8, 4) is 0 Å². The van der Waals surface area contributed by atoms with Crippen molar-refractivity contribution < 1.29 is 4.39 Å². The third-order valence-corrected chi connectivity index (χ3v) is 4.40. The van der Waals surface area contributed by atoms with Gasteiger partial charge in [0.15, 0.2) is 0 Å². The van der Waals surface area contributed by atoms with Gasteiger partial charge in [0.05, 0.1) is 29.8 Å². The van der Waals surface area contributed by atoms with Crippen LogP contribution in [-0.2, 0) is 6.54 Å². The average molecular weight is 444 g/mol. The van der Waals surface area contributed by atoms with E-state index in [4.69, 9.17) is 11.1 Å². The second-order valence-corrected chi connectivity index (χ2v) is 8.49. The Bertz CT molecular complexity index is 854. The Kier molecular flexibility index (Phi) is 11.2. The van der Waals surface area contributed by atoms with Crippen molar-refractivity contribution in [2.75, 3.05) is 6.54 Å². The van der Waals surface area contributed by atoms with E-state index in [9.17, 15) is 4.39 Å². The van der Waals surface area contributed by atoms with E-state index >= 15 is 0 Å². The van der Waals surface area contributed by atoms with Crippen molar-refractivity contribution >= 4 is 18.0 Å². The Balaban J connectivity index is 2.60. The van der Waals surface area contributed by atoms with Crippen LogP contribution < -0.4 is 16.4 Å². The van der Waals surface area contributed by atoms with Crippen LogP contribution in [0.5, 0.6) is 0 Å². The highest BCUT2D eigenvalue weighted by Crippen LogP contribution is 2.18. The van der Waals surface area contributed by atoms with Crippen LogP contribution >= 0.6 is 0 Å². The second-order valence-electron chi connectivity index (χ2n) is 8.49. The summed E-state index contributed by atoms with van der Waals surface area (Å²) in [5.74, 6) is 0.649. The summed E-state index contributed by atoms with van der Waals surface area (Å²) in [4.78, 5) is 12.1. The zero-order chi connectivity index (χ0) is 24.1. The lowest BCUT2D eigenvalue weighted by Gasteiger charge is -2.15. The minimum atomic E-state index is -1.16. The number of nitrogens with two attached hydrogens (primary N) is 1. The van der Waals surface area contributed by atoms with Gasteiger partial charge in [-0.1, -0.05) is 13.2 Å². The zero-order valence-electron chi connectivity index (χ0n) is 19.8. The number of hydrogen-bond acceptors (Lipinski definition) is 6. The van der Waals surface area contributed by atoms with Crippen LogP contribution in [0.4, 0.5) is 4.39 Å². The number of aromatic nitrogens is 2. The molecule has 0 amide bonds. The van der Waals surface area contributed by atoms with Gasteiger partial charge in [-0.25, -0.2) is 9.37 Å². The van der Waals surface area contributed by atoms with Crippen molar-refractivity contribution in [1.29, 1.82) is 5.41 Å². The minimum absolute atomic E-state index is 0.128. The standard InChI is InChI=1S/C24H38FN7/c1-17(2)31-22(9-11-26)19(4)29-15-21-16-30-23(32-21)12-20(13-27)14-28-18(3)8-7-10-24(5,6)25/h9,11-13,16-17,27-29H,3-4,7-8,10,14-15,26H2,1-2,5-6H3,(H,30,32)/b11-9-,20-12+,27-13?,31-22?. The largest absolute Gasteiger partial charge is 0.405 e. The molecule has 0 aliphatic carbocycles.